The van der Waals surface area contributed by atoms with E-state index in [1.807, 2.05) is 13.8 Å². The Balaban J connectivity index is 1.79. The molecule has 2 aliphatic rings. The topological polar surface area (TPSA) is 43.4 Å². The molecule has 3 atom stereocenters. The second kappa shape index (κ2) is 7.19. The lowest BCUT2D eigenvalue weighted by atomic mass is 9.64. The van der Waals surface area contributed by atoms with Crippen LogP contribution >= 0.6 is 0 Å². The molecule has 0 aromatic heterocycles. The molecular weight excluding hydrogens is 288 g/mol. The van der Waals surface area contributed by atoms with Gasteiger partial charge in [-0.05, 0) is 63.7 Å². The van der Waals surface area contributed by atoms with E-state index in [1.165, 1.54) is 26.2 Å². The van der Waals surface area contributed by atoms with Gasteiger partial charge in [-0.2, -0.15) is 0 Å². The number of allylic oxidation sites excluding steroid dienone is 1. The lowest BCUT2D eigenvalue weighted by Crippen LogP contribution is -2.37. The van der Waals surface area contributed by atoms with E-state index < -0.39 is 5.60 Å². The standard InChI is InChI=1S/C20H32O3/c1-15(21)23-19(2,3)13-7-5-6-9-16-11-12-17-18(22)10-8-14-20(16,17)4/h5,7,16-17H,6,8-14H2,1-4H3/b7-5+/t16-,17?,20+/m0/s1. The van der Waals surface area contributed by atoms with Gasteiger partial charge in [-0.15, -0.1) is 0 Å². The minimum atomic E-state index is -0.428. The zero-order valence-electron chi connectivity index (χ0n) is 15.2. The van der Waals surface area contributed by atoms with Gasteiger partial charge in [0.15, 0.2) is 0 Å². The molecule has 0 saturated heterocycles. The second-order valence-corrected chi connectivity index (χ2v) is 8.26. The maximum atomic E-state index is 12.1. The first-order valence-electron chi connectivity index (χ1n) is 9.12. The molecule has 0 spiro atoms. The number of carbonyl (C=O) groups excluding carboxylic acids is 2. The minimum absolute atomic E-state index is 0.227. The first-order chi connectivity index (χ1) is 10.7. The predicted octanol–water partition coefficient (Wildman–Crippen LogP) is 4.84. The average Bonchev–Trinajstić information content (AvgIpc) is 2.75. The molecule has 2 rings (SSSR count). The summed E-state index contributed by atoms with van der Waals surface area (Å²) >= 11 is 0. The van der Waals surface area contributed by atoms with E-state index >= 15 is 0 Å². The predicted molar refractivity (Wildman–Crippen MR) is 92.0 cm³/mol. The quantitative estimate of drug-likeness (QED) is 0.519. The lowest BCUT2D eigenvalue weighted by molar-refractivity contribution is -0.153. The highest BCUT2D eigenvalue weighted by Gasteiger charge is 2.50. The van der Waals surface area contributed by atoms with E-state index in [-0.39, 0.29) is 11.4 Å². The summed E-state index contributed by atoms with van der Waals surface area (Å²) < 4.78 is 5.29. The molecule has 3 nitrogen and oxygen atoms in total. The molecule has 130 valence electrons. The van der Waals surface area contributed by atoms with Crippen LogP contribution in [0.15, 0.2) is 12.2 Å². The van der Waals surface area contributed by atoms with Crippen molar-refractivity contribution >= 4 is 11.8 Å². The number of fused-ring (bicyclic) bond motifs is 1. The average molecular weight is 320 g/mol. The molecule has 0 amide bonds. The fourth-order valence-electron chi connectivity index (χ4n) is 4.72. The summed E-state index contributed by atoms with van der Waals surface area (Å²) in [6, 6.07) is 0. The summed E-state index contributed by atoms with van der Waals surface area (Å²) in [6.07, 6.45) is 12.7. The number of hydrogen-bond donors (Lipinski definition) is 0. The highest BCUT2D eigenvalue weighted by molar-refractivity contribution is 5.83. The third-order valence-corrected chi connectivity index (χ3v) is 5.94. The summed E-state index contributed by atoms with van der Waals surface area (Å²) in [5.74, 6) is 1.30. The summed E-state index contributed by atoms with van der Waals surface area (Å²) in [6.45, 7) is 7.68. The molecule has 0 aromatic carbocycles. The Kier molecular flexibility index (Phi) is 5.70. The molecule has 3 heteroatoms. The Labute approximate surface area is 140 Å². The zero-order chi connectivity index (χ0) is 17.1. The van der Waals surface area contributed by atoms with Crippen molar-refractivity contribution in [3.05, 3.63) is 12.2 Å². The van der Waals surface area contributed by atoms with Gasteiger partial charge in [-0.25, -0.2) is 0 Å². The maximum Gasteiger partial charge on any atom is 0.303 e. The molecular formula is C20H32O3. The molecule has 2 aliphatic carbocycles. The summed E-state index contributed by atoms with van der Waals surface area (Å²) in [4.78, 5) is 23.2. The smallest absolute Gasteiger partial charge is 0.303 e. The van der Waals surface area contributed by atoms with Gasteiger partial charge in [-0.1, -0.05) is 19.1 Å². The molecule has 0 heterocycles. The summed E-state index contributed by atoms with van der Waals surface area (Å²) in [7, 11) is 0. The van der Waals surface area contributed by atoms with Crippen molar-refractivity contribution in [1.82, 2.24) is 0 Å². The van der Waals surface area contributed by atoms with Gasteiger partial charge in [0.05, 0.1) is 0 Å². The Bertz CT molecular complexity index is 477. The molecule has 0 bridgehead atoms. The van der Waals surface area contributed by atoms with Gasteiger partial charge in [0, 0.05) is 25.7 Å². The molecule has 2 saturated carbocycles. The van der Waals surface area contributed by atoms with Crippen molar-refractivity contribution < 1.29 is 14.3 Å². The molecule has 0 radical (unpaired) electrons. The van der Waals surface area contributed by atoms with Gasteiger partial charge in [-0.3, -0.25) is 9.59 Å². The van der Waals surface area contributed by atoms with Crippen molar-refractivity contribution in [3.8, 4) is 0 Å². The molecule has 1 unspecified atom stereocenters. The second-order valence-electron chi connectivity index (χ2n) is 8.26. The van der Waals surface area contributed by atoms with E-state index in [1.54, 1.807) is 0 Å². The normalized spacial score (nSPS) is 31.4. The lowest BCUT2D eigenvalue weighted by Gasteiger charge is -2.39. The first kappa shape index (κ1) is 18.2. The monoisotopic (exact) mass is 320 g/mol. The maximum absolute atomic E-state index is 12.1. The Morgan fingerprint density at radius 1 is 1.35 bits per heavy atom. The molecule has 23 heavy (non-hydrogen) atoms. The van der Waals surface area contributed by atoms with E-state index in [0.717, 1.165) is 32.1 Å². The summed E-state index contributed by atoms with van der Waals surface area (Å²) in [5, 5.41) is 0. The van der Waals surface area contributed by atoms with Gasteiger partial charge in [0.25, 0.3) is 0 Å². The fraction of sp³-hybridized carbons (Fsp3) is 0.800. The van der Waals surface area contributed by atoms with Crippen molar-refractivity contribution in [2.75, 3.05) is 0 Å². The van der Waals surface area contributed by atoms with Crippen LogP contribution in [0.3, 0.4) is 0 Å². The van der Waals surface area contributed by atoms with Crippen LogP contribution in [0.25, 0.3) is 0 Å². The van der Waals surface area contributed by atoms with E-state index in [9.17, 15) is 9.59 Å². The molecule has 0 N–H and O–H groups in total. The largest absolute Gasteiger partial charge is 0.460 e. The number of ketones is 1. The van der Waals surface area contributed by atoms with E-state index in [4.69, 9.17) is 4.74 Å². The Morgan fingerprint density at radius 3 is 2.78 bits per heavy atom. The van der Waals surface area contributed by atoms with Crippen molar-refractivity contribution in [2.24, 2.45) is 17.3 Å². The molecule has 0 aliphatic heterocycles. The summed E-state index contributed by atoms with van der Waals surface area (Å²) in [5.41, 5.74) is -0.178. The first-order valence-corrected chi connectivity index (χ1v) is 9.12. The number of rotatable bonds is 6. The fourth-order valence-corrected chi connectivity index (χ4v) is 4.72. The van der Waals surface area contributed by atoms with Crippen LogP contribution in [0.5, 0.6) is 0 Å². The number of esters is 1. The third-order valence-electron chi connectivity index (χ3n) is 5.94. The van der Waals surface area contributed by atoms with Gasteiger partial charge >= 0.3 is 5.97 Å². The third kappa shape index (κ3) is 4.45. The van der Waals surface area contributed by atoms with Gasteiger partial charge < -0.3 is 4.74 Å². The highest BCUT2D eigenvalue weighted by Crippen LogP contribution is 2.55. The van der Waals surface area contributed by atoms with Crippen LogP contribution in [0, 0.1) is 17.3 Å². The minimum Gasteiger partial charge on any atom is -0.460 e. The Morgan fingerprint density at radius 2 is 2.09 bits per heavy atom. The van der Waals surface area contributed by atoms with Crippen LogP contribution in [0.2, 0.25) is 0 Å². The number of Topliss-reactive ketones (excluding diaryl/α,β-unsaturated/α-hetero) is 1. The van der Waals surface area contributed by atoms with E-state index in [0.29, 0.717) is 17.6 Å². The van der Waals surface area contributed by atoms with Crippen molar-refractivity contribution in [2.45, 2.75) is 84.7 Å². The Hall–Kier alpha value is -1.12. The van der Waals surface area contributed by atoms with Crippen LogP contribution < -0.4 is 0 Å². The number of hydrogen-bond acceptors (Lipinski definition) is 3. The van der Waals surface area contributed by atoms with Crippen LogP contribution in [-0.4, -0.2) is 17.4 Å². The van der Waals surface area contributed by atoms with Crippen molar-refractivity contribution in [1.29, 1.82) is 0 Å². The van der Waals surface area contributed by atoms with Crippen LogP contribution in [0.1, 0.15) is 79.1 Å². The molecule has 2 fully saturated rings. The number of carbonyl (C=O) groups is 2. The number of ether oxygens (including phenoxy) is 1. The zero-order valence-corrected chi connectivity index (χ0v) is 15.2. The van der Waals surface area contributed by atoms with Crippen LogP contribution in [0.4, 0.5) is 0 Å². The van der Waals surface area contributed by atoms with Gasteiger partial charge in [0.1, 0.15) is 11.4 Å². The highest BCUT2D eigenvalue weighted by atomic mass is 16.6. The molecule has 0 aromatic rings. The van der Waals surface area contributed by atoms with Gasteiger partial charge in [0.2, 0.25) is 0 Å². The van der Waals surface area contributed by atoms with E-state index in [2.05, 4.69) is 19.1 Å². The van der Waals surface area contributed by atoms with Crippen LogP contribution in [-0.2, 0) is 14.3 Å². The van der Waals surface area contributed by atoms with Crippen molar-refractivity contribution in [3.63, 3.8) is 0 Å². The SMILES string of the molecule is CC(=O)OC(C)(C)C/C=C/CC[C@H]1CCC2C(=O)CCC[C@@]21C.